The summed E-state index contributed by atoms with van der Waals surface area (Å²) >= 11 is 0. The van der Waals surface area contributed by atoms with E-state index in [0.717, 1.165) is 0 Å². The minimum Gasteiger partial charge on any atom is -0.475 e. The summed E-state index contributed by atoms with van der Waals surface area (Å²) in [5.74, 6) is -1.43. The summed E-state index contributed by atoms with van der Waals surface area (Å²) in [5.41, 5.74) is 5.53. The number of primary amides is 1. The molecule has 0 fully saturated rings. The number of hydrogen-bond donors (Lipinski definition) is 2. The summed E-state index contributed by atoms with van der Waals surface area (Å²) in [4.78, 5) is 20.4. The predicted molar refractivity (Wildman–Crippen MR) is 60.6 cm³/mol. The standard InChI is InChI=1S/C7H7NO.C5H4O3/c8-7(9)6-4-2-1-3-5-6;6-5(7)4-2-1-3-8-4/h1-5H,(H2,8,9);1-3H,(H,6,7). The zero-order chi connectivity index (χ0) is 12.7. The van der Waals surface area contributed by atoms with Gasteiger partial charge in [0.25, 0.3) is 0 Å². The number of nitrogens with two attached hydrogens (primary N) is 1. The van der Waals surface area contributed by atoms with Crippen molar-refractivity contribution in [3.8, 4) is 0 Å². The Hall–Kier alpha value is -2.56. The van der Waals surface area contributed by atoms with E-state index >= 15 is 0 Å². The molecule has 1 heterocycles. The van der Waals surface area contributed by atoms with Crippen LogP contribution in [0.25, 0.3) is 0 Å². The molecule has 0 aliphatic rings. The Morgan fingerprint density at radius 3 is 2.00 bits per heavy atom. The van der Waals surface area contributed by atoms with E-state index in [-0.39, 0.29) is 11.7 Å². The molecule has 1 aromatic heterocycles. The molecule has 17 heavy (non-hydrogen) atoms. The van der Waals surface area contributed by atoms with Gasteiger partial charge in [-0.2, -0.15) is 0 Å². The number of carbonyl (C=O) groups excluding carboxylic acids is 1. The van der Waals surface area contributed by atoms with Gasteiger partial charge in [-0.25, -0.2) is 4.79 Å². The molecule has 2 aromatic rings. The van der Waals surface area contributed by atoms with E-state index in [1.165, 1.54) is 18.4 Å². The van der Waals surface area contributed by atoms with E-state index < -0.39 is 5.97 Å². The maximum atomic E-state index is 10.4. The van der Waals surface area contributed by atoms with Crippen LogP contribution in [-0.2, 0) is 0 Å². The number of aromatic carboxylic acids is 1. The summed E-state index contributed by atoms with van der Waals surface area (Å²) in [6, 6.07) is 11.7. The van der Waals surface area contributed by atoms with Crippen LogP contribution in [0.5, 0.6) is 0 Å². The molecule has 5 nitrogen and oxygen atoms in total. The summed E-state index contributed by atoms with van der Waals surface area (Å²) in [7, 11) is 0. The third-order valence-corrected chi connectivity index (χ3v) is 1.79. The third kappa shape index (κ3) is 4.21. The Labute approximate surface area is 97.5 Å². The van der Waals surface area contributed by atoms with E-state index in [2.05, 4.69) is 4.42 Å². The number of benzene rings is 1. The first kappa shape index (κ1) is 12.5. The Bertz CT molecular complexity index is 476. The second-order valence-corrected chi connectivity index (χ2v) is 3.01. The van der Waals surface area contributed by atoms with Gasteiger partial charge >= 0.3 is 5.97 Å². The minimum atomic E-state index is -1.03. The number of carbonyl (C=O) groups is 2. The lowest BCUT2D eigenvalue weighted by atomic mass is 10.2. The van der Waals surface area contributed by atoms with Gasteiger partial charge in [0.1, 0.15) is 0 Å². The molecule has 0 atom stereocenters. The molecule has 2 rings (SSSR count). The van der Waals surface area contributed by atoms with Crippen molar-refractivity contribution in [3.05, 3.63) is 60.1 Å². The molecule has 0 unspecified atom stereocenters. The number of furan rings is 1. The van der Waals surface area contributed by atoms with Crippen molar-refractivity contribution >= 4 is 11.9 Å². The predicted octanol–water partition coefficient (Wildman–Crippen LogP) is 1.76. The lowest BCUT2D eigenvalue weighted by molar-refractivity contribution is 0.0662. The Morgan fingerprint density at radius 2 is 1.71 bits per heavy atom. The van der Waals surface area contributed by atoms with Crippen LogP contribution >= 0.6 is 0 Å². The first-order valence-corrected chi connectivity index (χ1v) is 4.73. The van der Waals surface area contributed by atoms with Crippen LogP contribution in [0.4, 0.5) is 0 Å². The number of hydrogen-bond acceptors (Lipinski definition) is 3. The van der Waals surface area contributed by atoms with Gasteiger partial charge in [-0.05, 0) is 24.3 Å². The monoisotopic (exact) mass is 233 g/mol. The van der Waals surface area contributed by atoms with Crippen LogP contribution in [0.2, 0.25) is 0 Å². The van der Waals surface area contributed by atoms with E-state index in [4.69, 9.17) is 10.8 Å². The van der Waals surface area contributed by atoms with Gasteiger partial charge in [0.2, 0.25) is 11.7 Å². The molecule has 3 N–H and O–H groups in total. The Kier molecular flexibility index (Phi) is 4.50. The van der Waals surface area contributed by atoms with Gasteiger partial charge in [-0.15, -0.1) is 0 Å². The van der Waals surface area contributed by atoms with Crippen molar-refractivity contribution in [3.63, 3.8) is 0 Å². The fourth-order valence-electron chi connectivity index (χ4n) is 1.00. The average molecular weight is 233 g/mol. The zero-order valence-electron chi connectivity index (χ0n) is 8.87. The van der Waals surface area contributed by atoms with Gasteiger partial charge < -0.3 is 15.3 Å². The fraction of sp³-hybridized carbons (Fsp3) is 0. The highest BCUT2D eigenvalue weighted by Gasteiger charge is 2.01. The Balaban J connectivity index is 0.000000171. The first-order chi connectivity index (χ1) is 8.11. The van der Waals surface area contributed by atoms with Crippen LogP contribution in [0, 0.1) is 0 Å². The lowest BCUT2D eigenvalue weighted by Gasteiger charge is -1.89. The van der Waals surface area contributed by atoms with Gasteiger partial charge in [0.15, 0.2) is 0 Å². The van der Waals surface area contributed by atoms with Crippen molar-refractivity contribution in [2.75, 3.05) is 0 Å². The molecule has 1 aromatic carbocycles. The SMILES string of the molecule is NC(=O)c1ccccc1.O=C(O)c1ccco1. The average Bonchev–Trinajstić information content (AvgIpc) is 2.84. The van der Waals surface area contributed by atoms with Crippen molar-refractivity contribution < 1.29 is 19.1 Å². The van der Waals surface area contributed by atoms with Crippen LogP contribution in [0.3, 0.4) is 0 Å². The highest BCUT2D eigenvalue weighted by Crippen LogP contribution is 1.97. The van der Waals surface area contributed by atoms with E-state index in [0.29, 0.717) is 5.56 Å². The summed E-state index contributed by atoms with van der Waals surface area (Å²) < 4.78 is 4.50. The summed E-state index contributed by atoms with van der Waals surface area (Å²) in [6.07, 6.45) is 1.32. The second-order valence-electron chi connectivity index (χ2n) is 3.01. The largest absolute Gasteiger partial charge is 0.475 e. The van der Waals surface area contributed by atoms with Crippen molar-refractivity contribution in [1.82, 2.24) is 0 Å². The van der Waals surface area contributed by atoms with Crippen molar-refractivity contribution in [2.24, 2.45) is 5.73 Å². The van der Waals surface area contributed by atoms with E-state index in [9.17, 15) is 9.59 Å². The molecular weight excluding hydrogens is 222 g/mol. The molecule has 1 amide bonds. The number of amides is 1. The first-order valence-electron chi connectivity index (χ1n) is 4.73. The molecule has 0 aliphatic carbocycles. The maximum absolute atomic E-state index is 10.4. The van der Waals surface area contributed by atoms with Crippen LogP contribution in [0.15, 0.2) is 53.1 Å². The molecule has 0 saturated carbocycles. The van der Waals surface area contributed by atoms with Gasteiger partial charge in [-0.1, -0.05) is 18.2 Å². The second kappa shape index (κ2) is 6.12. The fourth-order valence-corrected chi connectivity index (χ4v) is 1.00. The third-order valence-electron chi connectivity index (χ3n) is 1.79. The normalized spacial score (nSPS) is 8.94. The maximum Gasteiger partial charge on any atom is 0.371 e. The molecular formula is C12H11NO4. The highest BCUT2D eigenvalue weighted by molar-refractivity contribution is 5.92. The lowest BCUT2D eigenvalue weighted by Crippen LogP contribution is -2.09. The number of rotatable bonds is 2. The molecule has 0 aliphatic heterocycles. The van der Waals surface area contributed by atoms with Gasteiger partial charge in [0, 0.05) is 5.56 Å². The van der Waals surface area contributed by atoms with E-state index in [1.54, 1.807) is 24.3 Å². The van der Waals surface area contributed by atoms with Crippen LogP contribution < -0.4 is 5.73 Å². The van der Waals surface area contributed by atoms with Crippen LogP contribution in [-0.4, -0.2) is 17.0 Å². The molecule has 5 heteroatoms. The van der Waals surface area contributed by atoms with Gasteiger partial charge in [0.05, 0.1) is 6.26 Å². The smallest absolute Gasteiger partial charge is 0.371 e. The van der Waals surface area contributed by atoms with Crippen molar-refractivity contribution in [1.29, 1.82) is 0 Å². The topological polar surface area (TPSA) is 93.5 Å². The molecule has 0 bridgehead atoms. The summed E-state index contributed by atoms with van der Waals surface area (Å²) in [5, 5.41) is 8.18. The molecule has 0 radical (unpaired) electrons. The van der Waals surface area contributed by atoms with Crippen LogP contribution in [0.1, 0.15) is 20.9 Å². The molecule has 0 spiro atoms. The quantitative estimate of drug-likeness (QED) is 0.826. The number of carboxylic acids is 1. The highest BCUT2D eigenvalue weighted by atomic mass is 16.4. The zero-order valence-corrected chi connectivity index (χ0v) is 8.87. The molecule has 88 valence electrons. The van der Waals surface area contributed by atoms with Crippen molar-refractivity contribution in [2.45, 2.75) is 0 Å². The van der Waals surface area contributed by atoms with Gasteiger partial charge in [-0.3, -0.25) is 4.79 Å². The summed E-state index contributed by atoms with van der Waals surface area (Å²) in [6.45, 7) is 0. The minimum absolute atomic E-state index is 0.0231. The molecule has 0 saturated heterocycles. The number of carboxylic acid groups (broad SMARTS) is 1. The van der Waals surface area contributed by atoms with E-state index in [1.807, 2.05) is 6.07 Å². The Morgan fingerprint density at radius 1 is 1.06 bits per heavy atom.